The maximum absolute atomic E-state index is 9.45. The van der Waals surface area contributed by atoms with Gasteiger partial charge in [0.2, 0.25) is 6.79 Å². The van der Waals surface area contributed by atoms with Crippen LogP contribution in [0.25, 0.3) is 0 Å². The molecular weight excluding hydrogens is 244 g/mol. The number of hydrogen-bond acceptors (Lipinski definition) is 4. The van der Waals surface area contributed by atoms with Gasteiger partial charge in [-0.3, -0.25) is 0 Å². The zero-order valence-corrected chi connectivity index (χ0v) is 11.2. The Kier molecular flexibility index (Phi) is 3.51. The van der Waals surface area contributed by atoms with Gasteiger partial charge in [-0.1, -0.05) is 13.3 Å². The summed E-state index contributed by atoms with van der Waals surface area (Å²) in [5, 5.41) is 9.45. The summed E-state index contributed by atoms with van der Waals surface area (Å²) in [6.07, 6.45) is 4.91. The van der Waals surface area contributed by atoms with Crippen LogP contribution in [0.2, 0.25) is 0 Å². The second-order valence-corrected chi connectivity index (χ2v) is 5.48. The molecule has 1 aliphatic heterocycles. The Morgan fingerprint density at radius 1 is 1.26 bits per heavy atom. The number of fused-ring (bicyclic) bond motifs is 1. The summed E-state index contributed by atoms with van der Waals surface area (Å²) in [5.74, 6) is 2.83. The predicted octanol–water partition coefficient (Wildman–Crippen LogP) is 2.87. The standard InChI is InChI=1S/C15H20O4/c1-10-3-2-4-12(5-10)19-13-7-15-14(17-9-18-15)6-11(13)8-16/h6-7,10,12,16H,2-5,8-9H2,1H3. The average Bonchev–Trinajstić information content (AvgIpc) is 2.85. The molecule has 1 aromatic carbocycles. The number of benzene rings is 1. The van der Waals surface area contributed by atoms with Gasteiger partial charge in [0, 0.05) is 11.6 Å². The Labute approximate surface area is 113 Å². The van der Waals surface area contributed by atoms with Crippen molar-refractivity contribution in [3.63, 3.8) is 0 Å². The van der Waals surface area contributed by atoms with E-state index in [0.717, 1.165) is 24.2 Å². The van der Waals surface area contributed by atoms with E-state index in [1.165, 1.54) is 12.8 Å². The molecule has 19 heavy (non-hydrogen) atoms. The summed E-state index contributed by atoms with van der Waals surface area (Å²) >= 11 is 0. The normalized spacial score (nSPS) is 25.4. The molecule has 1 saturated carbocycles. The lowest BCUT2D eigenvalue weighted by Crippen LogP contribution is -2.24. The quantitative estimate of drug-likeness (QED) is 0.912. The minimum atomic E-state index is -0.0474. The lowest BCUT2D eigenvalue weighted by Gasteiger charge is -2.28. The maximum atomic E-state index is 9.45. The Morgan fingerprint density at radius 3 is 2.79 bits per heavy atom. The highest BCUT2D eigenvalue weighted by molar-refractivity contribution is 5.51. The largest absolute Gasteiger partial charge is 0.490 e. The van der Waals surface area contributed by atoms with Crippen molar-refractivity contribution >= 4 is 0 Å². The zero-order chi connectivity index (χ0) is 13.2. The van der Waals surface area contributed by atoms with Crippen LogP contribution in [0.15, 0.2) is 12.1 Å². The molecule has 4 heteroatoms. The van der Waals surface area contributed by atoms with Crippen LogP contribution in [-0.4, -0.2) is 18.0 Å². The predicted molar refractivity (Wildman–Crippen MR) is 70.5 cm³/mol. The van der Waals surface area contributed by atoms with E-state index >= 15 is 0 Å². The fraction of sp³-hybridized carbons (Fsp3) is 0.600. The molecule has 2 atom stereocenters. The highest BCUT2D eigenvalue weighted by Gasteiger charge is 2.23. The zero-order valence-electron chi connectivity index (χ0n) is 11.2. The van der Waals surface area contributed by atoms with E-state index in [-0.39, 0.29) is 19.5 Å². The Hall–Kier alpha value is -1.42. The van der Waals surface area contributed by atoms with E-state index < -0.39 is 0 Å². The molecule has 1 aromatic rings. The third-order valence-electron chi connectivity index (χ3n) is 3.91. The minimum absolute atomic E-state index is 0.0474. The second kappa shape index (κ2) is 5.29. The van der Waals surface area contributed by atoms with Gasteiger partial charge in [-0.15, -0.1) is 0 Å². The smallest absolute Gasteiger partial charge is 0.231 e. The van der Waals surface area contributed by atoms with E-state index in [9.17, 15) is 5.11 Å². The molecule has 2 unspecified atom stereocenters. The SMILES string of the molecule is CC1CCCC(Oc2cc3c(cc2CO)OCO3)C1. The van der Waals surface area contributed by atoms with Crippen molar-refractivity contribution in [3.05, 3.63) is 17.7 Å². The van der Waals surface area contributed by atoms with Crippen molar-refractivity contribution in [2.24, 2.45) is 5.92 Å². The van der Waals surface area contributed by atoms with Gasteiger partial charge in [-0.25, -0.2) is 0 Å². The van der Waals surface area contributed by atoms with Crippen molar-refractivity contribution in [2.75, 3.05) is 6.79 Å². The number of aliphatic hydroxyl groups excluding tert-OH is 1. The van der Waals surface area contributed by atoms with E-state index in [4.69, 9.17) is 14.2 Å². The van der Waals surface area contributed by atoms with E-state index in [0.29, 0.717) is 17.4 Å². The van der Waals surface area contributed by atoms with Crippen LogP contribution in [0.3, 0.4) is 0 Å². The summed E-state index contributed by atoms with van der Waals surface area (Å²) in [6, 6.07) is 3.65. The van der Waals surface area contributed by atoms with Gasteiger partial charge in [0.25, 0.3) is 0 Å². The van der Waals surface area contributed by atoms with Crippen molar-refractivity contribution in [3.8, 4) is 17.2 Å². The molecule has 0 saturated heterocycles. The Bertz CT molecular complexity index is 458. The first-order chi connectivity index (χ1) is 9.26. The summed E-state index contributed by atoms with van der Waals surface area (Å²) in [5.41, 5.74) is 0.766. The van der Waals surface area contributed by atoms with Crippen LogP contribution >= 0.6 is 0 Å². The molecule has 1 aliphatic carbocycles. The average molecular weight is 264 g/mol. The van der Waals surface area contributed by atoms with Crippen molar-refractivity contribution in [1.29, 1.82) is 0 Å². The molecule has 1 heterocycles. The lowest BCUT2D eigenvalue weighted by atomic mass is 9.88. The second-order valence-electron chi connectivity index (χ2n) is 5.48. The lowest BCUT2D eigenvalue weighted by molar-refractivity contribution is 0.125. The number of rotatable bonds is 3. The molecule has 3 rings (SSSR count). The highest BCUT2D eigenvalue weighted by Crippen LogP contribution is 2.39. The van der Waals surface area contributed by atoms with Gasteiger partial charge in [0.05, 0.1) is 12.7 Å². The summed E-state index contributed by atoms with van der Waals surface area (Å²) < 4.78 is 16.8. The van der Waals surface area contributed by atoms with Crippen LogP contribution in [0.5, 0.6) is 17.2 Å². The first-order valence-electron chi connectivity index (χ1n) is 6.96. The van der Waals surface area contributed by atoms with Crippen molar-refractivity contribution < 1.29 is 19.3 Å². The monoisotopic (exact) mass is 264 g/mol. The molecule has 0 aromatic heterocycles. The molecule has 104 valence electrons. The van der Waals surface area contributed by atoms with E-state index in [2.05, 4.69) is 6.92 Å². The Balaban J connectivity index is 1.79. The first-order valence-corrected chi connectivity index (χ1v) is 6.96. The van der Waals surface area contributed by atoms with Crippen LogP contribution in [0.1, 0.15) is 38.2 Å². The summed E-state index contributed by atoms with van der Waals surface area (Å²) in [7, 11) is 0. The van der Waals surface area contributed by atoms with Crippen LogP contribution in [0, 0.1) is 5.92 Å². The molecule has 0 spiro atoms. The molecule has 4 nitrogen and oxygen atoms in total. The first kappa shape index (κ1) is 12.6. The van der Waals surface area contributed by atoms with Crippen LogP contribution < -0.4 is 14.2 Å². The molecule has 1 fully saturated rings. The van der Waals surface area contributed by atoms with Crippen LogP contribution in [-0.2, 0) is 6.61 Å². The van der Waals surface area contributed by atoms with Gasteiger partial charge < -0.3 is 19.3 Å². The van der Waals surface area contributed by atoms with E-state index in [1.54, 1.807) is 0 Å². The number of ether oxygens (including phenoxy) is 3. The van der Waals surface area contributed by atoms with Crippen molar-refractivity contribution in [1.82, 2.24) is 0 Å². The molecule has 1 N–H and O–H groups in total. The van der Waals surface area contributed by atoms with E-state index in [1.807, 2.05) is 12.1 Å². The summed E-state index contributed by atoms with van der Waals surface area (Å²) in [4.78, 5) is 0. The fourth-order valence-corrected chi connectivity index (χ4v) is 2.86. The minimum Gasteiger partial charge on any atom is -0.490 e. The highest BCUT2D eigenvalue weighted by atomic mass is 16.7. The van der Waals surface area contributed by atoms with Gasteiger partial charge >= 0.3 is 0 Å². The van der Waals surface area contributed by atoms with Crippen LogP contribution in [0.4, 0.5) is 0 Å². The van der Waals surface area contributed by atoms with Gasteiger partial charge in [-0.2, -0.15) is 0 Å². The maximum Gasteiger partial charge on any atom is 0.231 e. The van der Waals surface area contributed by atoms with Gasteiger partial charge in [0.15, 0.2) is 11.5 Å². The Morgan fingerprint density at radius 2 is 2.05 bits per heavy atom. The van der Waals surface area contributed by atoms with Crippen molar-refractivity contribution in [2.45, 2.75) is 45.3 Å². The topological polar surface area (TPSA) is 47.9 Å². The summed E-state index contributed by atoms with van der Waals surface area (Å²) in [6.45, 7) is 2.46. The third-order valence-corrected chi connectivity index (χ3v) is 3.91. The fourth-order valence-electron chi connectivity index (χ4n) is 2.86. The molecule has 0 radical (unpaired) electrons. The molecule has 2 aliphatic rings. The third kappa shape index (κ3) is 2.63. The number of aliphatic hydroxyl groups is 1. The molecule has 0 amide bonds. The van der Waals surface area contributed by atoms with Gasteiger partial charge in [-0.05, 0) is 31.2 Å². The molecule has 0 bridgehead atoms. The molecular formula is C15H20O4. The van der Waals surface area contributed by atoms with Gasteiger partial charge in [0.1, 0.15) is 5.75 Å². The number of hydrogen-bond donors (Lipinski definition) is 1.